The molecule has 1 unspecified atom stereocenters. The molecular weight excluding hydrogens is 466 g/mol. The van der Waals surface area contributed by atoms with E-state index in [1.165, 1.54) is 22.7 Å². The average molecular weight is 496 g/mol. The highest BCUT2D eigenvalue weighted by molar-refractivity contribution is 7.12. The van der Waals surface area contributed by atoms with Gasteiger partial charge in [0.25, 0.3) is 5.91 Å². The number of anilines is 1. The largest absolute Gasteiger partial charge is 0.351 e. The summed E-state index contributed by atoms with van der Waals surface area (Å²) in [7, 11) is 0. The van der Waals surface area contributed by atoms with Gasteiger partial charge in [0.1, 0.15) is 6.04 Å². The predicted molar refractivity (Wildman–Crippen MR) is 138 cm³/mol. The van der Waals surface area contributed by atoms with Gasteiger partial charge in [0, 0.05) is 16.6 Å². The Balaban J connectivity index is 1.68. The molecule has 8 heteroatoms. The van der Waals surface area contributed by atoms with Gasteiger partial charge in [-0.1, -0.05) is 37.1 Å². The Labute approximate surface area is 208 Å². The second-order valence-electron chi connectivity index (χ2n) is 8.55. The molecule has 0 radical (unpaired) electrons. The van der Waals surface area contributed by atoms with Gasteiger partial charge in [-0.05, 0) is 66.8 Å². The van der Waals surface area contributed by atoms with Gasteiger partial charge in [0.15, 0.2) is 0 Å². The second kappa shape index (κ2) is 11.0. The maximum atomic E-state index is 13.7. The van der Waals surface area contributed by atoms with E-state index in [2.05, 4.69) is 10.6 Å². The number of nitrogens with zero attached hydrogens (tertiary/aromatic N) is 1. The number of benzene rings is 1. The number of rotatable bonds is 8. The van der Waals surface area contributed by atoms with E-state index in [9.17, 15) is 14.4 Å². The first-order chi connectivity index (χ1) is 16.5. The smallest absolute Gasteiger partial charge is 0.261 e. The van der Waals surface area contributed by atoms with E-state index in [-0.39, 0.29) is 30.3 Å². The molecule has 3 amide bonds. The Hall–Kier alpha value is -2.97. The van der Waals surface area contributed by atoms with Crippen LogP contribution in [0.3, 0.4) is 0 Å². The third-order valence-corrected chi connectivity index (χ3v) is 8.06. The van der Waals surface area contributed by atoms with Crippen molar-refractivity contribution in [2.24, 2.45) is 0 Å². The minimum Gasteiger partial charge on any atom is -0.351 e. The van der Waals surface area contributed by atoms with Crippen LogP contribution in [0.4, 0.5) is 5.69 Å². The monoisotopic (exact) mass is 495 g/mol. The summed E-state index contributed by atoms with van der Waals surface area (Å²) in [5.74, 6) is -0.820. The fraction of sp³-hybridized carbons (Fsp3) is 0.346. The standard InChI is InChI=1S/C26H29N3O3S2/c1-17-8-5-11-20(18(17)2)29(23(30)16-27-25(31)22-13-7-15-34-22)24(21-12-6-14-33-21)26(32)28-19-9-3-4-10-19/h5-8,11-15,19,24H,3-4,9-10,16H2,1-2H3,(H,27,31)(H,28,32). The Morgan fingerprint density at radius 3 is 2.41 bits per heavy atom. The van der Waals surface area contributed by atoms with Gasteiger partial charge in [0.2, 0.25) is 11.8 Å². The molecule has 1 aliphatic carbocycles. The summed E-state index contributed by atoms with van der Waals surface area (Å²) >= 11 is 2.77. The van der Waals surface area contributed by atoms with Crippen molar-refractivity contribution in [2.75, 3.05) is 11.4 Å². The van der Waals surface area contributed by atoms with Crippen LogP contribution in [0.15, 0.2) is 53.2 Å². The lowest BCUT2D eigenvalue weighted by Gasteiger charge is -2.33. The molecule has 1 aromatic carbocycles. The van der Waals surface area contributed by atoms with Gasteiger partial charge < -0.3 is 10.6 Å². The van der Waals surface area contributed by atoms with E-state index >= 15 is 0 Å². The van der Waals surface area contributed by atoms with Gasteiger partial charge in [-0.2, -0.15) is 0 Å². The van der Waals surface area contributed by atoms with Crippen LogP contribution in [0.25, 0.3) is 0 Å². The molecule has 0 saturated heterocycles. The summed E-state index contributed by atoms with van der Waals surface area (Å²) in [5, 5.41) is 9.65. The molecular formula is C26H29N3O3S2. The van der Waals surface area contributed by atoms with Crippen molar-refractivity contribution in [2.45, 2.75) is 51.6 Å². The van der Waals surface area contributed by atoms with Crippen LogP contribution in [0.1, 0.15) is 57.4 Å². The van der Waals surface area contributed by atoms with E-state index in [4.69, 9.17) is 0 Å². The van der Waals surface area contributed by atoms with Crippen molar-refractivity contribution in [3.63, 3.8) is 0 Å². The molecule has 0 spiro atoms. The Morgan fingerprint density at radius 2 is 1.74 bits per heavy atom. The minimum atomic E-state index is -0.813. The lowest BCUT2D eigenvalue weighted by Crippen LogP contribution is -2.49. The highest BCUT2D eigenvalue weighted by Gasteiger charge is 2.35. The number of carbonyl (C=O) groups is 3. The molecule has 2 aromatic heterocycles. The van der Waals surface area contributed by atoms with Gasteiger partial charge >= 0.3 is 0 Å². The van der Waals surface area contributed by atoms with Crippen LogP contribution < -0.4 is 15.5 Å². The molecule has 3 aromatic rings. The van der Waals surface area contributed by atoms with Crippen molar-refractivity contribution < 1.29 is 14.4 Å². The van der Waals surface area contributed by atoms with Gasteiger partial charge in [0.05, 0.1) is 11.4 Å². The summed E-state index contributed by atoms with van der Waals surface area (Å²) < 4.78 is 0. The van der Waals surface area contributed by atoms with Crippen molar-refractivity contribution in [1.29, 1.82) is 0 Å². The first kappa shape index (κ1) is 24.2. The van der Waals surface area contributed by atoms with Gasteiger partial charge in [-0.3, -0.25) is 19.3 Å². The Bertz CT molecular complexity index is 1140. The van der Waals surface area contributed by atoms with Crippen molar-refractivity contribution in [3.05, 3.63) is 74.1 Å². The van der Waals surface area contributed by atoms with E-state index in [0.29, 0.717) is 10.6 Å². The van der Waals surface area contributed by atoms with Gasteiger partial charge in [-0.15, -0.1) is 22.7 Å². The van der Waals surface area contributed by atoms with E-state index in [1.54, 1.807) is 17.0 Å². The summed E-state index contributed by atoms with van der Waals surface area (Å²) in [6.45, 7) is 3.73. The van der Waals surface area contributed by atoms with E-state index in [1.807, 2.05) is 54.9 Å². The second-order valence-corrected chi connectivity index (χ2v) is 10.5. The molecule has 0 aliphatic heterocycles. The van der Waals surface area contributed by atoms with E-state index < -0.39 is 6.04 Å². The topological polar surface area (TPSA) is 78.5 Å². The molecule has 34 heavy (non-hydrogen) atoms. The van der Waals surface area contributed by atoms with Crippen LogP contribution in [-0.4, -0.2) is 30.3 Å². The lowest BCUT2D eigenvalue weighted by molar-refractivity contribution is -0.126. The molecule has 2 heterocycles. The number of nitrogens with one attached hydrogen (secondary N) is 2. The summed E-state index contributed by atoms with van der Waals surface area (Å²) in [6, 6.07) is 12.3. The molecule has 4 rings (SSSR count). The summed E-state index contributed by atoms with van der Waals surface area (Å²) in [5.41, 5.74) is 2.63. The van der Waals surface area contributed by atoms with Crippen LogP contribution in [0.2, 0.25) is 0 Å². The quantitative estimate of drug-likeness (QED) is 0.462. The zero-order valence-electron chi connectivity index (χ0n) is 19.4. The number of aryl methyl sites for hydroxylation is 1. The zero-order valence-corrected chi connectivity index (χ0v) is 21.0. The average Bonchev–Trinajstić information content (AvgIpc) is 3.61. The fourth-order valence-corrected chi connectivity index (χ4v) is 5.77. The SMILES string of the molecule is Cc1cccc(N(C(=O)CNC(=O)c2cccs2)C(C(=O)NC2CCCC2)c2cccs2)c1C. The first-order valence-corrected chi connectivity index (χ1v) is 13.3. The van der Waals surface area contributed by atoms with Gasteiger partial charge in [-0.25, -0.2) is 0 Å². The van der Waals surface area contributed by atoms with Crippen LogP contribution in [-0.2, 0) is 9.59 Å². The van der Waals surface area contributed by atoms with Crippen molar-refractivity contribution >= 4 is 46.1 Å². The number of hydrogen-bond donors (Lipinski definition) is 2. The third-order valence-electron chi connectivity index (χ3n) is 6.27. The van der Waals surface area contributed by atoms with Crippen LogP contribution in [0.5, 0.6) is 0 Å². The first-order valence-electron chi connectivity index (χ1n) is 11.5. The summed E-state index contributed by atoms with van der Waals surface area (Å²) in [6.07, 6.45) is 4.11. The fourth-order valence-electron chi connectivity index (χ4n) is 4.32. The highest BCUT2D eigenvalue weighted by Crippen LogP contribution is 2.34. The number of hydrogen-bond acceptors (Lipinski definition) is 5. The molecule has 1 atom stereocenters. The highest BCUT2D eigenvalue weighted by atomic mass is 32.1. The Morgan fingerprint density at radius 1 is 1.00 bits per heavy atom. The molecule has 6 nitrogen and oxygen atoms in total. The molecule has 2 N–H and O–H groups in total. The number of amides is 3. The Kier molecular flexibility index (Phi) is 7.80. The molecule has 178 valence electrons. The third kappa shape index (κ3) is 5.39. The number of thiophene rings is 2. The zero-order chi connectivity index (χ0) is 24.1. The molecule has 1 fully saturated rings. The van der Waals surface area contributed by atoms with Crippen molar-refractivity contribution in [3.8, 4) is 0 Å². The number of carbonyl (C=O) groups excluding carboxylic acids is 3. The predicted octanol–water partition coefficient (Wildman–Crippen LogP) is 4.99. The summed E-state index contributed by atoms with van der Waals surface area (Å²) in [4.78, 5) is 42.7. The van der Waals surface area contributed by atoms with Crippen LogP contribution in [0, 0.1) is 13.8 Å². The van der Waals surface area contributed by atoms with E-state index in [0.717, 1.165) is 41.7 Å². The van der Waals surface area contributed by atoms with Crippen molar-refractivity contribution in [1.82, 2.24) is 10.6 Å². The maximum Gasteiger partial charge on any atom is 0.261 e. The lowest BCUT2D eigenvalue weighted by atomic mass is 10.0. The van der Waals surface area contributed by atoms with Crippen LogP contribution >= 0.6 is 22.7 Å². The molecule has 1 aliphatic rings. The molecule has 0 bridgehead atoms. The maximum absolute atomic E-state index is 13.7. The normalized spacial score (nSPS) is 14.5. The minimum absolute atomic E-state index is 0.129. The molecule has 1 saturated carbocycles.